The molecule has 1 aliphatic rings. The fourth-order valence-electron chi connectivity index (χ4n) is 2.14. The highest BCUT2D eigenvalue weighted by Crippen LogP contribution is 2.39. The molecule has 0 saturated heterocycles. The van der Waals surface area contributed by atoms with Crippen LogP contribution in [-0.2, 0) is 0 Å². The molecule has 1 aromatic rings. The van der Waals surface area contributed by atoms with Crippen LogP contribution in [0.5, 0.6) is 0 Å². The predicted octanol–water partition coefficient (Wildman–Crippen LogP) is 3.02. The van der Waals surface area contributed by atoms with E-state index < -0.39 is 0 Å². The zero-order chi connectivity index (χ0) is 11.6. The molecule has 86 valence electrons. The highest BCUT2D eigenvalue weighted by Gasteiger charge is 2.31. The van der Waals surface area contributed by atoms with Gasteiger partial charge in [0.15, 0.2) is 0 Å². The van der Waals surface area contributed by atoms with Crippen molar-refractivity contribution in [3.05, 3.63) is 36.4 Å². The zero-order valence-electron chi connectivity index (χ0n) is 9.92. The molecule has 2 heteroatoms. The van der Waals surface area contributed by atoms with E-state index in [-0.39, 0.29) is 0 Å². The molecule has 0 aliphatic heterocycles. The van der Waals surface area contributed by atoms with Gasteiger partial charge in [-0.05, 0) is 24.3 Å². The molecule has 1 fully saturated rings. The molecule has 1 saturated carbocycles. The summed E-state index contributed by atoms with van der Waals surface area (Å²) in [5.41, 5.74) is 9.12. The molecule has 0 atom stereocenters. The molecule has 0 unspecified atom stereocenters. The third kappa shape index (κ3) is 2.21. The largest absolute Gasteiger partial charge is 0.398 e. The van der Waals surface area contributed by atoms with Crippen molar-refractivity contribution in [1.82, 2.24) is 5.32 Å². The lowest BCUT2D eigenvalue weighted by Crippen LogP contribution is -2.36. The molecule has 1 aliphatic carbocycles. The number of nitrogen functional groups attached to an aromatic ring is 1. The van der Waals surface area contributed by atoms with Gasteiger partial charge in [-0.1, -0.05) is 38.1 Å². The fraction of sp³-hybridized carbons (Fsp3) is 0.429. The van der Waals surface area contributed by atoms with Gasteiger partial charge in [-0.3, -0.25) is 0 Å². The molecule has 16 heavy (non-hydrogen) atoms. The second kappa shape index (κ2) is 4.20. The molecule has 1 aromatic carbocycles. The van der Waals surface area contributed by atoms with Crippen LogP contribution in [0.1, 0.15) is 31.7 Å². The summed E-state index contributed by atoms with van der Waals surface area (Å²) in [6.07, 6.45) is 3.99. The lowest BCUT2D eigenvalue weighted by atomic mass is 9.70. The molecule has 0 radical (unpaired) electrons. The number of benzene rings is 1. The summed E-state index contributed by atoms with van der Waals surface area (Å²) in [6, 6.07) is 7.85. The summed E-state index contributed by atoms with van der Waals surface area (Å²) in [4.78, 5) is 0. The molecule has 3 N–H and O–H groups in total. The lowest BCUT2D eigenvalue weighted by molar-refractivity contribution is 0.164. The standard InChI is InChI=1S/C14H20N2/c1-11(12-6-3-4-7-13(12)15)16-10-14(2)8-5-9-14/h3-4,6-7,16H,1,5,8-10,15H2,2H3. The monoisotopic (exact) mass is 216 g/mol. The summed E-state index contributed by atoms with van der Waals surface area (Å²) in [7, 11) is 0. The molecular weight excluding hydrogens is 196 g/mol. The summed E-state index contributed by atoms with van der Waals surface area (Å²) >= 11 is 0. The predicted molar refractivity (Wildman–Crippen MR) is 69.8 cm³/mol. The Morgan fingerprint density at radius 3 is 2.69 bits per heavy atom. The quantitative estimate of drug-likeness (QED) is 0.759. The summed E-state index contributed by atoms with van der Waals surface area (Å²) in [6.45, 7) is 7.38. The highest BCUT2D eigenvalue weighted by atomic mass is 14.9. The van der Waals surface area contributed by atoms with Gasteiger partial charge >= 0.3 is 0 Å². The van der Waals surface area contributed by atoms with E-state index in [1.165, 1.54) is 19.3 Å². The molecule has 0 amide bonds. The van der Waals surface area contributed by atoms with Gasteiger partial charge in [0, 0.05) is 23.5 Å². The Labute approximate surface area is 97.5 Å². The van der Waals surface area contributed by atoms with E-state index in [1.54, 1.807) is 0 Å². The van der Waals surface area contributed by atoms with Gasteiger partial charge in [-0.15, -0.1) is 0 Å². The third-order valence-electron chi connectivity index (χ3n) is 3.58. The molecule has 0 spiro atoms. The molecule has 2 rings (SSSR count). The average Bonchev–Trinajstić information content (AvgIpc) is 2.24. The van der Waals surface area contributed by atoms with Crippen molar-refractivity contribution < 1.29 is 0 Å². The summed E-state index contributed by atoms with van der Waals surface area (Å²) in [5.74, 6) is 0. The van der Waals surface area contributed by atoms with E-state index in [4.69, 9.17) is 5.73 Å². The van der Waals surface area contributed by atoms with Crippen molar-refractivity contribution >= 4 is 11.4 Å². The van der Waals surface area contributed by atoms with E-state index in [2.05, 4.69) is 18.8 Å². The third-order valence-corrected chi connectivity index (χ3v) is 3.58. The first-order valence-corrected chi connectivity index (χ1v) is 5.88. The van der Waals surface area contributed by atoms with Gasteiger partial charge in [0.2, 0.25) is 0 Å². The number of nitrogens with two attached hydrogens (primary N) is 1. The Kier molecular flexibility index (Phi) is 2.90. The van der Waals surface area contributed by atoms with Crippen LogP contribution in [0.4, 0.5) is 5.69 Å². The molecule has 0 aromatic heterocycles. The van der Waals surface area contributed by atoms with Crippen LogP contribution in [0.3, 0.4) is 0 Å². The van der Waals surface area contributed by atoms with E-state index in [0.29, 0.717) is 5.41 Å². The maximum Gasteiger partial charge on any atom is 0.0408 e. The van der Waals surface area contributed by atoms with Crippen molar-refractivity contribution in [2.45, 2.75) is 26.2 Å². The van der Waals surface area contributed by atoms with Crippen LogP contribution in [0.25, 0.3) is 5.70 Å². The minimum atomic E-state index is 0.465. The number of nitrogens with one attached hydrogen (secondary N) is 1. The Bertz CT molecular complexity index is 391. The van der Waals surface area contributed by atoms with Crippen molar-refractivity contribution in [1.29, 1.82) is 0 Å². The van der Waals surface area contributed by atoms with Crippen molar-refractivity contribution in [2.75, 3.05) is 12.3 Å². The van der Waals surface area contributed by atoms with Crippen LogP contribution in [0, 0.1) is 5.41 Å². The van der Waals surface area contributed by atoms with Gasteiger partial charge in [0.25, 0.3) is 0 Å². The average molecular weight is 216 g/mol. The van der Waals surface area contributed by atoms with Gasteiger partial charge in [0.05, 0.1) is 0 Å². The van der Waals surface area contributed by atoms with Crippen LogP contribution in [0.2, 0.25) is 0 Å². The minimum Gasteiger partial charge on any atom is -0.398 e. The lowest BCUT2D eigenvalue weighted by Gasteiger charge is -2.39. The first-order chi connectivity index (χ1) is 7.61. The van der Waals surface area contributed by atoms with E-state index >= 15 is 0 Å². The van der Waals surface area contributed by atoms with Crippen LogP contribution < -0.4 is 11.1 Å². The van der Waals surface area contributed by atoms with Crippen molar-refractivity contribution in [3.8, 4) is 0 Å². The van der Waals surface area contributed by atoms with Crippen LogP contribution in [-0.4, -0.2) is 6.54 Å². The smallest absolute Gasteiger partial charge is 0.0408 e. The van der Waals surface area contributed by atoms with Gasteiger partial charge in [-0.2, -0.15) is 0 Å². The molecular formula is C14H20N2. The fourth-order valence-corrected chi connectivity index (χ4v) is 2.14. The van der Waals surface area contributed by atoms with Gasteiger partial charge in [-0.25, -0.2) is 0 Å². The highest BCUT2D eigenvalue weighted by molar-refractivity contribution is 5.72. The number of para-hydroxylation sites is 1. The first-order valence-electron chi connectivity index (χ1n) is 5.88. The van der Waals surface area contributed by atoms with Crippen LogP contribution >= 0.6 is 0 Å². The second-order valence-corrected chi connectivity index (χ2v) is 5.08. The van der Waals surface area contributed by atoms with Crippen molar-refractivity contribution in [3.63, 3.8) is 0 Å². The van der Waals surface area contributed by atoms with E-state index in [1.807, 2.05) is 24.3 Å². The number of hydrogen-bond acceptors (Lipinski definition) is 2. The Hall–Kier alpha value is -1.44. The molecule has 0 bridgehead atoms. The number of anilines is 1. The van der Waals surface area contributed by atoms with Gasteiger partial charge < -0.3 is 11.1 Å². The first kappa shape index (κ1) is 11.1. The Balaban J connectivity index is 1.96. The van der Waals surface area contributed by atoms with Gasteiger partial charge in [0.1, 0.15) is 0 Å². The Morgan fingerprint density at radius 2 is 2.12 bits per heavy atom. The van der Waals surface area contributed by atoms with Crippen molar-refractivity contribution in [2.24, 2.45) is 5.41 Å². The normalized spacial score (nSPS) is 17.6. The SMILES string of the molecule is C=C(NCC1(C)CCC1)c1ccccc1N. The van der Waals surface area contributed by atoms with E-state index in [0.717, 1.165) is 23.5 Å². The van der Waals surface area contributed by atoms with E-state index in [9.17, 15) is 0 Å². The van der Waals surface area contributed by atoms with Crippen LogP contribution in [0.15, 0.2) is 30.8 Å². The second-order valence-electron chi connectivity index (χ2n) is 5.08. The Morgan fingerprint density at radius 1 is 1.44 bits per heavy atom. The minimum absolute atomic E-state index is 0.465. The summed E-state index contributed by atoms with van der Waals surface area (Å²) < 4.78 is 0. The maximum atomic E-state index is 5.91. The maximum absolute atomic E-state index is 5.91. The summed E-state index contributed by atoms with van der Waals surface area (Å²) in [5, 5.41) is 3.41. The molecule has 2 nitrogen and oxygen atoms in total. The number of rotatable bonds is 4. The molecule has 0 heterocycles. The topological polar surface area (TPSA) is 38.0 Å². The number of hydrogen-bond donors (Lipinski definition) is 2. The zero-order valence-corrected chi connectivity index (χ0v) is 9.92.